The number of hydrogen-bond donors (Lipinski definition) is 0. The zero-order chi connectivity index (χ0) is 39.8. The second-order valence-corrected chi connectivity index (χ2v) is 16.9. The smallest absolute Gasteiger partial charge is 0.311 e. The molecule has 13 heteroatoms. The van der Waals surface area contributed by atoms with Gasteiger partial charge < -0.3 is 42.6 Å². The van der Waals surface area contributed by atoms with Gasteiger partial charge in [-0.05, 0) is 80.7 Å². The van der Waals surface area contributed by atoms with E-state index in [4.69, 9.17) is 42.6 Å². The molecular weight excluding hydrogens is 688 g/mol. The number of fused-ring (bicyclic) bond motifs is 2. The highest BCUT2D eigenvalue weighted by Crippen LogP contribution is 2.48. The number of carbonyl (C=O) groups is 4. The lowest BCUT2D eigenvalue weighted by atomic mass is 9.75. The predicted octanol–water partition coefficient (Wildman–Crippen LogP) is 5.83. The fraction of sp³-hybridized carbons (Fsp3) is 0.850. The number of cyclic esters (lactones) is 1. The minimum absolute atomic E-state index is 0.0809. The van der Waals surface area contributed by atoms with Gasteiger partial charge in [-0.2, -0.15) is 0 Å². The lowest BCUT2D eigenvalue weighted by molar-refractivity contribution is -0.317. The van der Waals surface area contributed by atoms with Gasteiger partial charge in [0.15, 0.2) is 30.6 Å². The van der Waals surface area contributed by atoms with Crippen LogP contribution in [0.5, 0.6) is 0 Å². The molecule has 0 radical (unpaired) electrons. The van der Waals surface area contributed by atoms with Crippen molar-refractivity contribution in [3.05, 3.63) is 11.3 Å². The van der Waals surface area contributed by atoms with Gasteiger partial charge in [0.25, 0.3) is 6.47 Å². The molecule has 15 atom stereocenters. The highest BCUT2D eigenvalue weighted by Gasteiger charge is 2.56. The number of methoxy groups -OCH3 is 1. The zero-order valence-electron chi connectivity index (χ0n) is 34.2. The summed E-state index contributed by atoms with van der Waals surface area (Å²) >= 11 is 0. The molecule has 0 aromatic heterocycles. The molecule has 13 nitrogen and oxygen atoms in total. The number of ether oxygens (including phenoxy) is 9. The van der Waals surface area contributed by atoms with E-state index >= 15 is 0 Å². The fourth-order valence-corrected chi connectivity index (χ4v) is 9.23. The summed E-state index contributed by atoms with van der Waals surface area (Å²) in [6, 6.07) is 0. The van der Waals surface area contributed by atoms with Gasteiger partial charge in [-0.3, -0.25) is 19.2 Å². The van der Waals surface area contributed by atoms with Crippen LogP contribution in [-0.2, 0) is 61.8 Å². The minimum Gasteiger partial charge on any atom is -0.488 e. The normalized spacial score (nSPS) is 43.8. The SMILES string of the molecule is CCC1OC(=O)C(C)C(OC2C[C@@](C)(OC)[C@@H](OC=O)C(C)O2)C(C)[C@@H](OC2OC(C)CC(C)[C@H]2OC(C)=O)[C@]2(C)CC(C)=C(O2)[C@H](C)C(=O)C1(C)C. The molecule has 0 aromatic rings. The Bertz CT molecular complexity index is 1380. The Kier molecular flexibility index (Phi) is 13.6. The third-order valence-electron chi connectivity index (χ3n) is 12.1. The summed E-state index contributed by atoms with van der Waals surface area (Å²) in [5.74, 6) is -2.76. The molecule has 2 bridgehead atoms. The molecular formula is C40H64O13. The highest BCUT2D eigenvalue weighted by molar-refractivity contribution is 5.89. The first-order chi connectivity index (χ1) is 24.6. The van der Waals surface area contributed by atoms with Gasteiger partial charge in [0.05, 0.1) is 35.6 Å². The number of allylic oxidation sites excluding steroid dienone is 1. The van der Waals surface area contributed by atoms with Crippen LogP contribution >= 0.6 is 0 Å². The maximum Gasteiger partial charge on any atom is 0.311 e. The molecule has 0 spiro atoms. The van der Waals surface area contributed by atoms with Crippen LogP contribution in [-0.4, -0.2) is 97.8 Å². The first kappa shape index (κ1) is 43.2. The number of hydrogen-bond acceptors (Lipinski definition) is 13. The summed E-state index contributed by atoms with van der Waals surface area (Å²) in [6.07, 6.45) is -4.92. The van der Waals surface area contributed by atoms with Crippen molar-refractivity contribution in [2.75, 3.05) is 7.11 Å². The second-order valence-electron chi connectivity index (χ2n) is 16.9. The molecule has 4 aliphatic heterocycles. The third-order valence-corrected chi connectivity index (χ3v) is 12.1. The summed E-state index contributed by atoms with van der Waals surface area (Å²) in [4.78, 5) is 52.3. The first-order valence-corrected chi connectivity index (χ1v) is 19.2. The van der Waals surface area contributed by atoms with E-state index in [0.29, 0.717) is 31.5 Å². The summed E-state index contributed by atoms with van der Waals surface area (Å²) in [7, 11) is 1.54. The van der Waals surface area contributed by atoms with Crippen LogP contribution in [0.15, 0.2) is 11.3 Å². The Hall–Kier alpha value is -2.58. The molecule has 0 amide bonds. The molecule has 3 saturated heterocycles. The van der Waals surface area contributed by atoms with Gasteiger partial charge in [0.1, 0.15) is 29.2 Å². The zero-order valence-corrected chi connectivity index (χ0v) is 34.2. The largest absolute Gasteiger partial charge is 0.488 e. The van der Waals surface area contributed by atoms with Crippen molar-refractivity contribution in [1.29, 1.82) is 0 Å². The highest BCUT2D eigenvalue weighted by atomic mass is 16.7. The first-order valence-electron chi connectivity index (χ1n) is 19.2. The molecule has 302 valence electrons. The molecule has 4 heterocycles. The Morgan fingerprint density at radius 1 is 0.962 bits per heavy atom. The molecule has 0 aliphatic carbocycles. The number of rotatable bonds is 9. The molecule has 0 saturated carbocycles. The topological polar surface area (TPSA) is 151 Å². The maximum absolute atomic E-state index is 14.3. The molecule has 0 aromatic carbocycles. The Labute approximate surface area is 315 Å². The van der Waals surface area contributed by atoms with Gasteiger partial charge in [0.2, 0.25) is 0 Å². The summed E-state index contributed by atoms with van der Waals surface area (Å²) in [5, 5.41) is 0. The molecule has 3 fully saturated rings. The van der Waals surface area contributed by atoms with Crippen molar-refractivity contribution in [2.24, 2.45) is 29.1 Å². The van der Waals surface area contributed by atoms with Gasteiger partial charge in [-0.1, -0.05) is 20.8 Å². The third kappa shape index (κ3) is 8.79. The van der Waals surface area contributed by atoms with Gasteiger partial charge >= 0.3 is 11.9 Å². The molecule has 4 aliphatic rings. The molecule has 53 heavy (non-hydrogen) atoms. The van der Waals surface area contributed by atoms with E-state index < -0.39 is 95.5 Å². The monoisotopic (exact) mass is 752 g/mol. The Balaban J connectivity index is 1.86. The lowest BCUT2D eigenvalue weighted by Gasteiger charge is -2.48. The van der Waals surface area contributed by atoms with Gasteiger partial charge in [-0.25, -0.2) is 0 Å². The second kappa shape index (κ2) is 16.6. The average Bonchev–Trinajstić information content (AvgIpc) is 3.40. The van der Waals surface area contributed by atoms with Gasteiger partial charge in [0, 0.05) is 38.7 Å². The predicted molar refractivity (Wildman–Crippen MR) is 192 cm³/mol. The van der Waals surface area contributed by atoms with E-state index in [0.717, 1.165) is 5.57 Å². The van der Waals surface area contributed by atoms with Crippen molar-refractivity contribution in [3.8, 4) is 0 Å². The van der Waals surface area contributed by atoms with Crippen LogP contribution in [0.1, 0.15) is 116 Å². The van der Waals surface area contributed by atoms with E-state index in [1.54, 1.807) is 13.8 Å². The van der Waals surface area contributed by atoms with Crippen LogP contribution < -0.4 is 0 Å². The molecule has 0 N–H and O–H groups in total. The van der Waals surface area contributed by atoms with Crippen LogP contribution in [0.25, 0.3) is 0 Å². The standard InChI is InChI=1S/C40H64O13/c1-15-28-38(10,11)33(43)23(5)30-21(3)17-40(13,53-30)34(52-37-31(49-27(9)42)20(2)16-22(4)47-37)24(6)32(25(7)36(44)50-28)51-29-18-39(12,45-14)35(46-19-41)26(8)48-29/h19-20,22-26,28-29,31-32,34-35,37H,15-18H2,1-14H3/t20?,22?,23-,24?,25?,26?,28?,29?,31+,32?,34+,35-,37?,39+,40-/m0/s1. The van der Waals surface area contributed by atoms with Crippen molar-refractivity contribution in [2.45, 2.75) is 182 Å². The van der Waals surface area contributed by atoms with E-state index in [-0.39, 0.29) is 24.2 Å². The maximum atomic E-state index is 14.3. The van der Waals surface area contributed by atoms with E-state index in [2.05, 4.69) is 0 Å². The summed E-state index contributed by atoms with van der Waals surface area (Å²) in [5.41, 5.74) is -2.18. The summed E-state index contributed by atoms with van der Waals surface area (Å²) < 4.78 is 56.8. The number of ketones is 1. The van der Waals surface area contributed by atoms with Crippen LogP contribution in [0.2, 0.25) is 0 Å². The number of carbonyl (C=O) groups excluding carboxylic acids is 4. The number of Topliss-reactive ketones (excluding diaryl/α,β-unsaturated/α-hetero) is 1. The Morgan fingerprint density at radius 2 is 1.62 bits per heavy atom. The van der Waals surface area contributed by atoms with E-state index in [1.807, 2.05) is 69.2 Å². The Morgan fingerprint density at radius 3 is 2.21 bits per heavy atom. The van der Waals surface area contributed by atoms with Crippen molar-refractivity contribution >= 4 is 24.2 Å². The quantitative estimate of drug-likeness (QED) is 0.158. The lowest BCUT2D eigenvalue weighted by Crippen LogP contribution is -2.59. The molecule has 9 unspecified atom stereocenters. The number of esters is 2. The van der Waals surface area contributed by atoms with E-state index in [1.165, 1.54) is 14.0 Å². The van der Waals surface area contributed by atoms with Crippen LogP contribution in [0.3, 0.4) is 0 Å². The summed E-state index contributed by atoms with van der Waals surface area (Å²) in [6.45, 7) is 24.2. The average molecular weight is 753 g/mol. The van der Waals surface area contributed by atoms with Crippen molar-refractivity contribution < 1.29 is 61.8 Å². The molecule has 4 rings (SSSR count). The van der Waals surface area contributed by atoms with Crippen LogP contribution in [0, 0.1) is 29.1 Å². The van der Waals surface area contributed by atoms with Crippen LogP contribution in [0.4, 0.5) is 0 Å². The van der Waals surface area contributed by atoms with Crippen molar-refractivity contribution in [3.63, 3.8) is 0 Å². The van der Waals surface area contributed by atoms with E-state index in [9.17, 15) is 19.2 Å². The van der Waals surface area contributed by atoms with Gasteiger partial charge in [-0.15, -0.1) is 0 Å². The van der Waals surface area contributed by atoms with Crippen molar-refractivity contribution in [1.82, 2.24) is 0 Å². The fourth-order valence-electron chi connectivity index (χ4n) is 9.23. The minimum atomic E-state index is -1.07.